The summed E-state index contributed by atoms with van der Waals surface area (Å²) in [6.07, 6.45) is 2.57. The Bertz CT molecular complexity index is 376. The van der Waals surface area contributed by atoms with Gasteiger partial charge in [0.2, 0.25) is 5.72 Å². The molecule has 0 radical (unpaired) electrons. The molecule has 0 aromatic carbocycles. The topological polar surface area (TPSA) is 84.9 Å². The molecule has 1 atom stereocenters. The van der Waals surface area contributed by atoms with Crippen LogP contribution in [0.5, 0.6) is 0 Å². The minimum atomic E-state index is -2.07. The first-order chi connectivity index (χ1) is 9.66. The van der Waals surface area contributed by atoms with Crippen LogP contribution < -0.4 is 5.32 Å². The Balaban J connectivity index is 2.66. The number of alkyl carbamates (subject to hydrolysis) is 1. The van der Waals surface area contributed by atoms with Crippen molar-refractivity contribution in [1.29, 1.82) is 0 Å². The number of halogens is 1. The summed E-state index contributed by atoms with van der Waals surface area (Å²) >= 11 is 3.16. The molecule has 1 amide bonds. The van der Waals surface area contributed by atoms with Crippen molar-refractivity contribution >= 4 is 28.0 Å². The molecule has 0 bridgehead atoms. The predicted molar refractivity (Wildman–Crippen MR) is 81.1 cm³/mol. The van der Waals surface area contributed by atoms with Gasteiger partial charge >= 0.3 is 12.1 Å². The monoisotopic (exact) mass is 365 g/mol. The van der Waals surface area contributed by atoms with Crippen LogP contribution in [0, 0.1) is 0 Å². The first-order valence-electron chi connectivity index (χ1n) is 7.17. The fourth-order valence-electron chi connectivity index (χ4n) is 2.08. The normalized spacial score (nSPS) is 18.9. The molecule has 0 unspecified atom stereocenters. The Hall–Kier alpha value is -0.820. The molecule has 0 spiro atoms. The molecule has 0 aromatic rings. The highest BCUT2D eigenvalue weighted by Gasteiger charge is 2.41. The molecule has 2 N–H and O–H groups in total. The van der Waals surface area contributed by atoms with Crippen molar-refractivity contribution in [3.8, 4) is 0 Å². The summed E-state index contributed by atoms with van der Waals surface area (Å²) in [4.78, 5) is 23.9. The van der Waals surface area contributed by atoms with Crippen molar-refractivity contribution in [3.05, 3.63) is 0 Å². The summed E-state index contributed by atoms with van der Waals surface area (Å²) in [6, 6.07) is 0. The molecule has 0 heterocycles. The Kier molecular flexibility index (Phi) is 6.46. The lowest BCUT2D eigenvalue weighted by Gasteiger charge is -2.29. The molecule has 0 aromatic heterocycles. The molecular weight excluding hydrogens is 342 g/mol. The van der Waals surface area contributed by atoms with Gasteiger partial charge in [-0.2, -0.15) is 0 Å². The largest absolute Gasteiger partial charge is 0.459 e. The maximum absolute atomic E-state index is 12.1. The maximum Gasteiger partial charge on any atom is 0.410 e. The second-order valence-corrected chi connectivity index (χ2v) is 7.03. The van der Waals surface area contributed by atoms with Crippen LogP contribution in [0.15, 0.2) is 0 Å². The molecule has 0 aliphatic heterocycles. The van der Waals surface area contributed by atoms with Crippen LogP contribution >= 0.6 is 15.9 Å². The lowest BCUT2D eigenvalue weighted by Crippen LogP contribution is -2.57. The number of amides is 1. The number of hydrogen-bond acceptors (Lipinski definition) is 5. The first kappa shape index (κ1) is 18.2. The molecule has 1 fully saturated rings. The fourth-order valence-corrected chi connectivity index (χ4v) is 2.65. The van der Waals surface area contributed by atoms with Gasteiger partial charge < -0.3 is 14.6 Å². The van der Waals surface area contributed by atoms with Crippen molar-refractivity contribution in [3.63, 3.8) is 0 Å². The van der Waals surface area contributed by atoms with Gasteiger partial charge in [-0.15, -0.1) is 0 Å². The molecule has 1 rings (SSSR count). The predicted octanol–water partition coefficient (Wildman–Crippen LogP) is 2.47. The van der Waals surface area contributed by atoms with Gasteiger partial charge in [-0.25, -0.2) is 9.59 Å². The van der Waals surface area contributed by atoms with Gasteiger partial charge in [-0.3, -0.25) is 5.32 Å². The SMILES string of the molecule is CC(C)(C)OC(=O)N[C@](O)(CCBr)C(=O)OC1CCCC1. The van der Waals surface area contributed by atoms with Gasteiger partial charge in [0.1, 0.15) is 11.7 Å². The lowest BCUT2D eigenvalue weighted by atomic mass is 10.1. The third kappa shape index (κ3) is 6.22. The number of hydrogen-bond donors (Lipinski definition) is 2. The van der Waals surface area contributed by atoms with E-state index in [0.29, 0.717) is 5.33 Å². The van der Waals surface area contributed by atoms with E-state index in [1.807, 2.05) is 0 Å². The van der Waals surface area contributed by atoms with Crippen molar-refractivity contribution < 1.29 is 24.2 Å². The average molecular weight is 366 g/mol. The number of ether oxygens (including phenoxy) is 2. The number of rotatable bonds is 5. The summed E-state index contributed by atoms with van der Waals surface area (Å²) in [6.45, 7) is 5.10. The number of carbonyl (C=O) groups excluding carboxylic acids is 2. The Labute approximate surface area is 133 Å². The molecule has 1 aliphatic rings. The molecule has 1 aliphatic carbocycles. The lowest BCUT2D eigenvalue weighted by molar-refractivity contribution is -0.174. The van der Waals surface area contributed by atoms with Crippen molar-refractivity contribution in [2.45, 2.75) is 70.3 Å². The molecule has 122 valence electrons. The van der Waals surface area contributed by atoms with Crippen LogP contribution in [0.3, 0.4) is 0 Å². The maximum atomic E-state index is 12.1. The third-order valence-electron chi connectivity index (χ3n) is 3.08. The van der Waals surface area contributed by atoms with Gasteiger partial charge in [0, 0.05) is 11.8 Å². The van der Waals surface area contributed by atoms with Crippen molar-refractivity contribution in [1.82, 2.24) is 5.32 Å². The van der Waals surface area contributed by atoms with E-state index in [9.17, 15) is 14.7 Å². The van der Waals surface area contributed by atoms with E-state index in [2.05, 4.69) is 21.2 Å². The summed E-state index contributed by atoms with van der Waals surface area (Å²) in [5.41, 5.74) is -2.79. The molecule has 6 nitrogen and oxygen atoms in total. The highest BCUT2D eigenvalue weighted by atomic mass is 79.9. The summed E-state index contributed by atoms with van der Waals surface area (Å²) < 4.78 is 10.3. The second-order valence-electron chi connectivity index (χ2n) is 6.24. The molecular formula is C14H24BrNO5. The van der Waals surface area contributed by atoms with E-state index in [0.717, 1.165) is 25.7 Å². The minimum absolute atomic E-state index is 0.00219. The van der Waals surface area contributed by atoms with Gasteiger partial charge in [-0.05, 0) is 46.5 Å². The van der Waals surface area contributed by atoms with Crippen LogP contribution in [0.1, 0.15) is 52.9 Å². The number of esters is 1. The average Bonchev–Trinajstić information content (AvgIpc) is 2.78. The standard InChI is InChI=1S/C14H24BrNO5/c1-13(2,3)21-12(18)16-14(19,8-9-15)11(17)20-10-6-4-5-7-10/h10,19H,4-9H2,1-3H3,(H,16,18)/t14-/m0/s1. The Morgan fingerprint density at radius 2 is 1.86 bits per heavy atom. The number of alkyl halides is 1. The Morgan fingerprint density at radius 1 is 1.29 bits per heavy atom. The number of carbonyl (C=O) groups is 2. The molecule has 1 saturated carbocycles. The van der Waals surface area contributed by atoms with E-state index in [1.54, 1.807) is 20.8 Å². The third-order valence-corrected chi connectivity index (χ3v) is 3.47. The molecule has 7 heteroatoms. The molecule has 0 saturated heterocycles. The smallest absolute Gasteiger partial charge is 0.410 e. The van der Waals surface area contributed by atoms with Crippen LogP contribution in [-0.4, -0.2) is 39.9 Å². The van der Waals surface area contributed by atoms with Crippen LogP contribution in [0.25, 0.3) is 0 Å². The van der Waals surface area contributed by atoms with Gasteiger partial charge in [0.15, 0.2) is 0 Å². The van der Waals surface area contributed by atoms with Crippen molar-refractivity contribution in [2.75, 3.05) is 5.33 Å². The zero-order valence-electron chi connectivity index (χ0n) is 12.8. The summed E-state index contributed by atoms with van der Waals surface area (Å²) in [5, 5.41) is 12.9. The van der Waals surface area contributed by atoms with Crippen LogP contribution in [0.2, 0.25) is 0 Å². The Morgan fingerprint density at radius 3 is 2.33 bits per heavy atom. The number of nitrogens with one attached hydrogen (secondary N) is 1. The summed E-state index contributed by atoms with van der Waals surface area (Å²) in [5.74, 6) is -0.834. The highest BCUT2D eigenvalue weighted by molar-refractivity contribution is 9.09. The van der Waals surface area contributed by atoms with E-state index < -0.39 is 23.4 Å². The fraction of sp³-hybridized carbons (Fsp3) is 0.857. The van der Waals surface area contributed by atoms with Crippen LogP contribution in [0.4, 0.5) is 4.79 Å². The minimum Gasteiger partial charge on any atom is -0.459 e. The first-order valence-corrected chi connectivity index (χ1v) is 8.29. The zero-order chi connectivity index (χ0) is 16.1. The van der Waals surface area contributed by atoms with Crippen molar-refractivity contribution in [2.24, 2.45) is 0 Å². The zero-order valence-corrected chi connectivity index (χ0v) is 14.4. The van der Waals surface area contributed by atoms with E-state index >= 15 is 0 Å². The van der Waals surface area contributed by atoms with E-state index in [-0.39, 0.29) is 12.5 Å². The quantitative estimate of drug-likeness (QED) is 0.444. The molecule has 21 heavy (non-hydrogen) atoms. The van der Waals surface area contributed by atoms with Gasteiger partial charge in [-0.1, -0.05) is 15.9 Å². The van der Waals surface area contributed by atoms with Gasteiger partial charge in [0.25, 0.3) is 0 Å². The van der Waals surface area contributed by atoms with Gasteiger partial charge in [0.05, 0.1) is 0 Å². The summed E-state index contributed by atoms with van der Waals surface area (Å²) in [7, 11) is 0. The number of aliphatic hydroxyl groups is 1. The second kappa shape index (κ2) is 7.45. The van der Waals surface area contributed by atoms with E-state index in [4.69, 9.17) is 9.47 Å². The van der Waals surface area contributed by atoms with Crippen LogP contribution in [-0.2, 0) is 14.3 Å². The highest BCUT2D eigenvalue weighted by Crippen LogP contribution is 2.23. The van der Waals surface area contributed by atoms with E-state index in [1.165, 1.54) is 0 Å².